The number of cyclic esters (lactones) is 2. The van der Waals surface area contributed by atoms with Gasteiger partial charge in [0.1, 0.15) is 25.4 Å². The van der Waals surface area contributed by atoms with E-state index in [4.69, 9.17) is 9.47 Å². The second-order valence-electron chi connectivity index (χ2n) is 8.00. The van der Waals surface area contributed by atoms with Crippen LogP contribution in [0.4, 0.5) is 0 Å². The van der Waals surface area contributed by atoms with Crippen LogP contribution < -0.4 is 0 Å². The summed E-state index contributed by atoms with van der Waals surface area (Å²) in [6.07, 6.45) is -10.9. The van der Waals surface area contributed by atoms with Crippen molar-refractivity contribution in [2.24, 2.45) is 0 Å². The number of rotatable bonds is 10. The molecule has 2 fully saturated rings. The van der Waals surface area contributed by atoms with Crippen LogP contribution in [0, 0.1) is 0 Å². The van der Waals surface area contributed by atoms with Gasteiger partial charge in [0.05, 0.1) is 12.8 Å². The van der Waals surface area contributed by atoms with Gasteiger partial charge in [-0.2, -0.15) is 0 Å². The zero-order valence-electron chi connectivity index (χ0n) is 18.5. The lowest BCUT2D eigenvalue weighted by atomic mass is 10.1. The molecular weight excluding hydrogens is 488 g/mol. The highest BCUT2D eigenvalue weighted by Gasteiger charge is 2.47. The van der Waals surface area contributed by atoms with Crippen molar-refractivity contribution in [1.29, 1.82) is 0 Å². The third-order valence-corrected chi connectivity index (χ3v) is 5.28. The first-order valence-corrected chi connectivity index (χ1v) is 10.6. The molecule has 194 valence electrons. The van der Waals surface area contributed by atoms with Gasteiger partial charge in [-0.15, -0.1) is 0 Å². The van der Waals surface area contributed by atoms with Gasteiger partial charge >= 0.3 is 23.9 Å². The normalized spacial score (nSPS) is 25.2. The molecule has 0 bridgehead atoms. The van der Waals surface area contributed by atoms with Crippen LogP contribution in [0.5, 0.6) is 0 Å². The van der Waals surface area contributed by atoms with Crippen molar-refractivity contribution >= 4 is 35.4 Å². The van der Waals surface area contributed by atoms with Crippen LogP contribution >= 0.6 is 0 Å². The van der Waals surface area contributed by atoms with Gasteiger partial charge in [-0.3, -0.25) is 19.2 Å². The number of carbonyl (C=O) groups is 6. The first-order valence-electron chi connectivity index (χ1n) is 10.6. The van der Waals surface area contributed by atoms with Crippen molar-refractivity contribution in [3.8, 4) is 0 Å². The molecule has 14 nitrogen and oxygen atoms in total. The number of aliphatic hydroxyl groups is 4. The number of carbonyl (C=O) groups excluding carboxylic acids is 6. The Morgan fingerprint density at radius 3 is 1.33 bits per heavy atom. The molecule has 0 aromatic heterocycles. The van der Waals surface area contributed by atoms with E-state index in [0.717, 1.165) is 0 Å². The summed E-state index contributed by atoms with van der Waals surface area (Å²) < 4.78 is 18.8. The van der Waals surface area contributed by atoms with Crippen molar-refractivity contribution in [3.63, 3.8) is 0 Å². The molecule has 0 radical (unpaired) electrons. The molecule has 0 spiro atoms. The number of aliphatic hydroxyl groups excluding tert-OH is 4. The van der Waals surface area contributed by atoms with Crippen molar-refractivity contribution < 1.29 is 68.1 Å². The average molecular weight is 510 g/mol. The molecule has 6 atom stereocenters. The van der Waals surface area contributed by atoms with E-state index in [-0.39, 0.29) is 12.8 Å². The van der Waals surface area contributed by atoms with E-state index >= 15 is 0 Å². The minimum Gasteiger partial charge on any atom is -0.463 e. The minimum absolute atomic E-state index is 0.218. The van der Waals surface area contributed by atoms with Crippen molar-refractivity contribution in [1.82, 2.24) is 0 Å². The molecule has 36 heavy (non-hydrogen) atoms. The fourth-order valence-corrected chi connectivity index (χ4v) is 3.32. The van der Waals surface area contributed by atoms with Crippen LogP contribution in [0.25, 0.3) is 0 Å². The Morgan fingerprint density at radius 2 is 1.06 bits per heavy atom. The van der Waals surface area contributed by atoms with Gasteiger partial charge in [0.25, 0.3) is 0 Å². The monoisotopic (exact) mass is 510 g/mol. The van der Waals surface area contributed by atoms with Crippen LogP contribution in [0.2, 0.25) is 0 Å². The van der Waals surface area contributed by atoms with E-state index in [1.54, 1.807) is 0 Å². The van der Waals surface area contributed by atoms with E-state index in [9.17, 15) is 49.2 Å². The summed E-state index contributed by atoms with van der Waals surface area (Å²) >= 11 is 0. The topological polar surface area (TPSA) is 220 Å². The summed E-state index contributed by atoms with van der Waals surface area (Å²) in [5.74, 6) is -5.96. The number of Topliss-reactive ketones (excluding diaryl/α,β-unsaturated/α-hetero) is 2. The molecule has 0 aliphatic carbocycles. The van der Waals surface area contributed by atoms with Gasteiger partial charge in [-0.1, -0.05) is 24.3 Å². The largest absolute Gasteiger partial charge is 0.463 e. The number of ether oxygens (including phenoxy) is 4. The van der Waals surface area contributed by atoms with Crippen LogP contribution in [-0.2, 0) is 60.6 Å². The van der Waals surface area contributed by atoms with Gasteiger partial charge in [0, 0.05) is 0 Å². The summed E-state index contributed by atoms with van der Waals surface area (Å²) in [4.78, 5) is 69.4. The van der Waals surface area contributed by atoms with Gasteiger partial charge in [-0.05, 0) is 11.1 Å². The smallest absolute Gasteiger partial charge is 0.343 e. The summed E-state index contributed by atoms with van der Waals surface area (Å²) in [6.45, 7) is -1.29. The van der Waals surface area contributed by atoms with E-state index in [1.807, 2.05) is 0 Å². The predicted molar refractivity (Wildman–Crippen MR) is 110 cm³/mol. The highest BCUT2D eigenvalue weighted by atomic mass is 16.6. The first kappa shape index (κ1) is 26.9. The second kappa shape index (κ2) is 11.3. The van der Waals surface area contributed by atoms with Crippen LogP contribution in [0.1, 0.15) is 11.1 Å². The second-order valence-corrected chi connectivity index (χ2v) is 8.00. The Bertz CT molecular complexity index is 964. The molecule has 1 aromatic rings. The lowest BCUT2D eigenvalue weighted by molar-refractivity contribution is -0.157. The molecule has 2 saturated heterocycles. The Hall–Kier alpha value is -3.72. The number of hydrogen-bond donors (Lipinski definition) is 4. The van der Waals surface area contributed by atoms with Crippen LogP contribution in [-0.4, -0.2) is 106 Å². The molecule has 3 rings (SSSR count). The molecule has 2 heterocycles. The highest BCUT2D eigenvalue weighted by molar-refractivity contribution is 6.09. The Kier molecular flexibility index (Phi) is 8.47. The average Bonchev–Trinajstić information content (AvgIpc) is 3.26. The highest BCUT2D eigenvalue weighted by Crippen LogP contribution is 2.16. The first-order chi connectivity index (χ1) is 17.0. The van der Waals surface area contributed by atoms with E-state index in [1.165, 1.54) is 24.3 Å². The number of esters is 4. The third kappa shape index (κ3) is 6.28. The number of benzene rings is 1. The Morgan fingerprint density at radius 1 is 0.722 bits per heavy atom. The zero-order chi connectivity index (χ0) is 26.6. The summed E-state index contributed by atoms with van der Waals surface area (Å²) in [5.41, 5.74) is 0.974. The molecule has 1 aromatic carbocycles. The maximum Gasteiger partial charge on any atom is 0.343 e. The molecule has 4 N–H and O–H groups in total. The molecule has 2 aliphatic heterocycles. The molecule has 6 unspecified atom stereocenters. The van der Waals surface area contributed by atoms with E-state index < -0.39 is 85.3 Å². The number of ketones is 2. The molecule has 0 amide bonds. The summed E-state index contributed by atoms with van der Waals surface area (Å²) in [7, 11) is 0. The minimum atomic E-state index is -1.98. The lowest BCUT2D eigenvalue weighted by Gasteiger charge is -2.16. The van der Waals surface area contributed by atoms with Crippen molar-refractivity contribution in [2.45, 2.75) is 49.5 Å². The Labute approximate surface area is 202 Å². The van der Waals surface area contributed by atoms with E-state index in [2.05, 4.69) is 9.47 Å². The van der Waals surface area contributed by atoms with E-state index in [0.29, 0.717) is 11.1 Å². The Balaban J connectivity index is 1.39. The van der Waals surface area contributed by atoms with Crippen molar-refractivity contribution in [2.75, 3.05) is 13.2 Å². The fraction of sp³-hybridized carbons (Fsp3) is 0.455. The summed E-state index contributed by atoms with van der Waals surface area (Å²) in [6, 6.07) is 6.08. The van der Waals surface area contributed by atoms with Crippen LogP contribution in [0.3, 0.4) is 0 Å². The molecular formula is C22H22O14. The lowest BCUT2D eigenvalue weighted by Crippen LogP contribution is -2.38. The van der Waals surface area contributed by atoms with Gasteiger partial charge in [0.2, 0.25) is 23.8 Å². The quantitative estimate of drug-likeness (QED) is 0.135. The van der Waals surface area contributed by atoms with Gasteiger partial charge in [0.15, 0.2) is 12.2 Å². The van der Waals surface area contributed by atoms with Gasteiger partial charge < -0.3 is 39.4 Å². The van der Waals surface area contributed by atoms with Gasteiger partial charge in [-0.25, -0.2) is 9.59 Å². The van der Waals surface area contributed by atoms with Crippen molar-refractivity contribution in [3.05, 3.63) is 35.4 Å². The third-order valence-electron chi connectivity index (χ3n) is 5.28. The SMILES string of the molecule is O=C(Cc1ccc(CC(=O)OCC(O)C2OC(=O)C(O)C2=O)cc1)OCC(O)C1OC(=O)C(O)C1=O. The van der Waals surface area contributed by atoms with Crippen LogP contribution in [0.15, 0.2) is 24.3 Å². The molecule has 0 saturated carbocycles. The molecule has 14 heteroatoms. The summed E-state index contributed by atoms with van der Waals surface area (Å²) in [5, 5.41) is 38.2. The number of hydrogen-bond acceptors (Lipinski definition) is 14. The fourth-order valence-electron chi connectivity index (χ4n) is 3.32. The molecule has 2 aliphatic rings. The zero-order valence-corrected chi connectivity index (χ0v) is 18.5. The standard InChI is InChI=1S/C22H22O14/c23-11(19-15(27)17(29)21(31)35-19)7-33-13(25)5-9-1-2-10(4-3-9)6-14(26)34-8-12(24)20-16(28)18(30)22(32)36-20/h1-4,11-12,17-20,23-24,29-30H,5-8H2. The maximum absolute atomic E-state index is 12.0. The maximum atomic E-state index is 12.0. The predicted octanol–water partition coefficient (Wildman–Crippen LogP) is -3.71.